The van der Waals surface area contributed by atoms with E-state index in [0.717, 1.165) is 12.6 Å². The third-order valence-electron chi connectivity index (χ3n) is 4.63. The van der Waals surface area contributed by atoms with E-state index in [9.17, 15) is 13.2 Å². The Morgan fingerprint density at radius 1 is 0.909 bits per heavy atom. The Morgan fingerprint density at radius 3 is 2.27 bits per heavy atom. The Morgan fingerprint density at radius 2 is 1.64 bits per heavy atom. The van der Waals surface area contributed by atoms with Crippen LogP contribution in [-0.4, -0.2) is 16.6 Å². The molecule has 8 heteroatoms. The minimum absolute atomic E-state index is 0.0642. The smallest absolute Gasteiger partial charge is 0.421 e. The fourth-order valence-electron chi connectivity index (χ4n) is 3.13. The van der Waals surface area contributed by atoms with Crippen molar-refractivity contribution >= 4 is 23.1 Å². The highest BCUT2D eigenvalue weighted by atomic mass is 19.4. The van der Waals surface area contributed by atoms with E-state index in [1.807, 2.05) is 38.1 Å². The van der Waals surface area contributed by atoms with Gasteiger partial charge in [-0.2, -0.15) is 18.2 Å². The summed E-state index contributed by atoms with van der Waals surface area (Å²) in [5.74, 6) is 1.15. The summed E-state index contributed by atoms with van der Waals surface area (Å²) in [4.78, 5) is 7.98. The maximum Gasteiger partial charge on any atom is 0.421 e. The van der Waals surface area contributed by atoms with Gasteiger partial charge in [0.2, 0.25) is 5.95 Å². The van der Waals surface area contributed by atoms with Crippen LogP contribution in [-0.2, 0) is 12.6 Å². The van der Waals surface area contributed by atoms with E-state index in [1.165, 1.54) is 5.56 Å². The molecule has 3 rings (SSSR count). The van der Waals surface area contributed by atoms with Crippen molar-refractivity contribution in [3.05, 3.63) is 65.9 Å². The fraction of sp³-hybridized carbons (Fsp3) is 0.360. The second-order valence-corrected chi connectivity index (χ2v) is 8.73. The van der Waals surface area contributed by atoms with Crippen molar-refractivity contribution in [2.45, 2.75) is 40.3 Å². The van der Waals surface area contributed by atoms with Gasteiger partial charge in [0, 0.05) is 23.6 Å². The molecule has 0 aliphatic heterocycles. The molecule has 0 radical (unpaired) electrons. The molecular weight excluding hydrogens is 429 g/mol. The molecule has 0 bridgehead atoms. The molecule has 0 saturated carbocycles. The minimum atomic E-state index is -4.61. The van der Waals surface area contributed by atoms with Crippen molar-refractivity contribution in [3.8, 4) is 5.75 Å². The second kappa shape index (κ2) is 10.6. The molecular formula is C25H29F3N4O. The number of benzene rings is 2. The highest BCUT2D eigenvalue weighted by molar-refractivity contribution is 5.64. The predicted octanol–water partition coefficient (Wildman–Crippen LogP) is 7.22. The monoisotopic (exact) mass is 458 g/mol. The van der Waals surface area contributed by atoms with Gasteiger partial charge < -0.3 is 15.4 Å². The Hall–Kier alpha value is -3.29. The SMILES string of the molecule is CC(C)COc1cccc(Nc2nc(Nc3ccc(CC(C)C)cc3)ncc2C(F)(F)F)c1. The van der Waals surface area contributed by atoms with E-state index in [0.29, 0.717) is 35.6 Å². The standard InChI is InChI=1S/C25H29F3N4O/c1-16(2)12-18-8-10-19(11-9-18)31-24-29-14-22(25(26,27)28)23(32-24)30-20-6-5-7-21(13-20)33-15-17(3)4/h5-11,13-14,16-17H,12,15H2,1-4H3,(H2,29,30,31,32). The first kappa shape index (κ1) is 24.4. The van der Waals surface area contributed by atoms with Gasteiger partial charge in [0.1, 0.15) is 17.1 Å². The number of alkyl halides is 3. The number of hydrogen-bond acceptors (Lipinski definition) is 5. The molecule has 0 aliphatic rings. The van der Waals surface area contributed by atoms with Crippen molar-refractivity contribution in [1.29, 1.82) is 0 Å². The van der Waals surface area contributed by atoms with Crippen LogP contribution < -0.4 is 15.4 Å². The van der Waals surface area contributed by atoms with Gasteiger partial charge in [-0.15, -0.1) is 0 Å². The zero-order valence-corrected chi connectivity index (χ0v) is 19.2. The van der Waals surface area contributed by atoms with E-state index in [2.05, 4.69) is 34.4 Å². The van der Waals surface area contributed by atoms with Crippen LogP contribution in [0, 0.1) is 11.8 Å². The van der Waals surface area contributed by atoms with E-state index in [4.69, 9.17) is 4.74 Å². The summed E-state index contributed by atoms with van der Waals surface area (Å²) in [5, 5.41) is 5.75. The van der Waals surface area contributed by atoms with Crippen LogP contribution in [0.1, 0.15) is 38.8 Å². The van der Waals surface area contributed by atoms with Crippen molar-refractivity contribution in [2.75, 3.05) is 17.2 Å². The number of ether oxygens (including phenoxy) is 1. The van der Waals surface area contributed by atoms with Crippen molar-refractivity contribution < 1.29 is 17.9 Å². The Kier molecular flexibility index (Phi) is 7.79. The number of aromatic nitrogens is 2. The average Bonchev–Trinajstić information content (AvgIpc) is 2.73. The number of rotatable bonds is 9. The number of nitrogens with one attached hydrogen (secondary N) is 2. The molecule has 0 fully saturated rings. The van der Waals surface area contributed by atoms with Crippen LogP contribution in [0.4, 0.5) is 36.3 Å². The van der Waals surface area contributed by atoms with Crippen LogP contribution in [0.3, 0.4) is 0 Å². The summed E-state index contributed by atoms with van der Waals surface area (Å²) in [6, 6.07) is 14.5. The lowest BCUT2D eigenvalue weighted by Gasteiger charge is -2.16. The molecule has 2 N–H and O–H groups in total. The molecule has 0 amide bonds. The highest BCUT2D eigenvalue weighted by Gasteiger charge is 2.35. The molecule has 0 spiro atoms. The zero-order chi connectivity index (χ0) is 24.0. The Labute approximate surface area is 192 Å². The summed E-state index contributed by atoms with van der Waals surface area (Å²) < 4.78 is 46.4. The average molecular weight is 459 g/mol. The molecule has 0 atom stereocenters. The van der Waals surface area contributed by atoms with Crippen LogP contribution >= 0.6 is 0 Å². The molecule has 1 heterocycles. The van der Waals surface area contributed by atoms with Gasteiger partial charge in [0.15, 0.2) is 0 Å². The lowest BCUT2D eigenvalue weighted by molar-refractivity contribution is -0.137. The molecule has 5 nitrogen and oxygen atoms in total. The predicted molar refractivity (Wildman–Crippen MR) is 125 cm³/mol. The largest absolute Gasteiger partial charge is 0.493 e. The maximum absolute atomic E-state index is 13.6. The lowest BCUT2D eigenvalue weighted by Crippen LogP contribution is -2.12. The number of halogens is 3. The van der Waals surface area contributed by atoms with Gasteiger partial charge in [-0.1, -0.05) is 45.9 Å². The van der Waals surface area contributed by atoms with Gasteiger partial charge >= 0.3 is 6.18 Å². The first-order valence-corrected chi connectivity index (χ1v) is 10.9. The summed E-state index contributed by atoms with van der Waals surface area (Å²) in [6.07, 6.45) is -2.87. The topological polar surface area (TPSA) is 59.1 Å². The molecule has 33 heavy (non-hydrogen) atoms. The molecule has 0 saturated heterocycles. The van der Waals surface area contributed by atoms with Gasteiger partial charge in [-0.3, -0.25) is 0 Å². The molecule has 176 valence electrons. The molecule has 1 aromatic heterocycles. The summed E-state index contributed by atoms with van der Waals surface area (Å²) in [6.45, 7) is 8.83. The number of anilines is 4. The van der Waals surface area contributed by atoms with E-state index >= 15 is 0 Å². The first-order valence-electron chi connectivity index (χ1n) is 10.9. The third kappa shape index (κ3) is 7.37. The fourth-order valence-corrected chi connectivity index (χ4v) is 3.13. The number of hydrogen-bond donors (Lipinski definition) is 2. The van der Waals surface area contributed by atoms with Crippen molar-refractivity contribution in [2.24, 2.45) is 11.8 Å². The number of nitrogens with zero attached hydrogens (tertiary/aromatic N) is 2. The van der Waals surface area contributed by atoms with Crippen LogP contribution in [0.2, 0.25) is 0 Å². The Balaban J connectivity index is 1.83. The molecule has 2 aromatic carbocycles. The quantitative estimate of drug-likeness (QED) is 0.355. The van der Waals surface area contributed by atoms with Crippen molar-refractivity contribution in [3.63, 3.8) is 0 Å². The highest BCUT2D eigenvalue weighted by Crippen LogP contribution is 2.35. The first-order chi connectivity index (χ1) is 15.6. The minimum Gasteiger partial charge on any atom is -0.493 e. The zero-order valence-electron chi connectivity index (χ0n) is 19.2. The van der Waals surface area contributed by atoms with Gasteiger partial charge in [0.05, 0.1) is 6.61 Å². The van der Waals surface area contributed by atoms with Gasteiger partial charge in [-0.05, 0) is 48.1 Å². The van der Waals surface area contributed by atoms with Crippen LogP contribution in [0.15, 0.2) is 54.7 Å². The summed E-state index contributed by atoms with van der Waals surface area (Å²) in [5.41, 5.74) is 1.36. The van der Waals surface area contributed by atoms with Crippen LogP contribution in [0.25, 0.3) is 0 Å². The molecule has 0 aliphatic carbocycles. The third-order valence-corrected chi connectivity index (χ3v) is 4.63. The van der Waals surface area contributed by atoms with Crippen LogP contribution in [0.5, 0.6) is 5.75 Å². The lowest BCUT2D eigenvalue weighted by atomic mass is 10.0. The van der Waals surface area contributed by atoms with Gasteiger partial charge in [0.25, 0.3) is 0 Å². The normalized spacial score (nSPS) is 11.7. The maximum atomic E-state index is 13.6. The summed E-state index contributed by atoms with van der Waals surface area (Å²) in [7, 11) is 0. The summed E-state index contributed by atoms with van der Waals surface area (Å²) >= 11 is 0. The van der Waals surface area contributed by atoms with E-state index < -0.39 is 11.7 Å². The van der Waals surface area contributed by atoms with Crippen molar-refractivity contribution in [1.82, 2.24) is 9.97 Å². The van der Waals surface area contributed by atoms with E-state index in [-0.39, 0.29) is 11.8 Å². The molecule has 3 aromatic rings. The van der Waals surface area contributed by atoms with Gasteiger partial charge in [-0.25, -0.2) is 4.98 Å². The van der Waals surface area contributed by atoms with E-state index in [1.54, 1.807) is 24.3 Å². The Bertz CT molecular complexity index is 1050. The second-order valence-electron chi connectivity index (χ2n) is 8.73. The molecule has 0 unspecified atom stereocenters.